The van der Waals surface area contributed by atoms with Crippen molar-refractivity contribution in [3.05, 3.63) is 57.0 Å². The molecule has 0 saturated carbocycles. The van der Waals surface area contributed by atoms with Crippen molar-refractivity contribution in [1.29, 1.82) is 0 Å². The molecule has 0 radical (unpaired) electrons. The summed E-state index contributed by atoms with van der Waals surface area (Å²) in [5.41, 5.74) is 0.528. The Morgan fingerprint density at radius 3 is 2.88 bits per heavy atom. The standard InChI is InChI=1S/C12H8ClFOS/c13-10-4-3-9(14)6-8(10)7-11(15)12-2-1-5-16-12/h1-6H,7H2. The van der Waals surface area contributed by atoms with Crippen molar-refractivity contribution in [2.45, 2.75) is 6.42 Å². The Hall–Kier alpha value is -1.19. The van der Waals surface area contributed by atoms with Gasteiger partial charge in [-0.1, -0.05) is 17.7 Å². The quantitative estimate of drug-likeness (QED) is 0.758. The molecule has 0 aliphatic rings. The molecule has 1 aromatic heterocycles. The van der Waals surface area contributed by atoms with Gasteiger partial charge in [-0.05, 0) is 35.2 Å². The second kappa shape index (κ2) is 4.76. The molecular weight excluding hydrogens is 247 g/mol. The summed E-state index contributed by atoms with van der Waals surface area (Å²) in [5.74, 6) is -0.416. The lowest BCUT2D eigenvalue weighted by Crippen LogP contribution is -2.02. The number of rotatable bonds is 3. The van der Waals surface area contributed by atoms with E-state index in [4.69, 9.17) is 11.6 Å². The lowest BCUT2D eigenvalue weighted by atomic mass is 10.1. The van der Waals surface area contributed by atoms with Gasteiger partial charge in [0, 0.05) is 11.4 Å². The molecule has 4 heteroatoms. The number of benzene rings is 1. The van der Waals surface area contributed by atoms with Crippen molar-refractivity contribution in [2.75, 3.05) is 0 Å². The van der Waals surface area contributed by atoms with E-state index in [0.717, 1.165) is 0 Å². The third-order valence-corrected chi connectivity index (χ3v) is 3.43. The summed E-state index contributed by atoms with van der Waals surface area (Å²) in [5, 5.41) is 2.26. The van der Waals surface area contributed by atoms with Gasteiger partial charge in [0.1, 0.15) is 5.82 Å². The van der Waals surface area contributed by atoms with Gasteiger partial charge < -0.3 is 0 Å². The lowest BCUT2D eigenvalue weighted by Gasteiger charge is -2.02. The molecule has 0 fully saturated rings. The first kappa shape index (κ1) is 11.3. The highest BCUT2D eigenvalue weighted by Crippen LogP contribution is 2.20. The third kappa shape index (κ3) is 2.49. The molecule has 0 spiro atoms. The van der Waals surface area contributed by atoms with Gasteiger partial charge in [0.25, 0.3) is 0 Å². The van der Waals surface area contributed by atoms with Crippen LogP contribution in [0.3, 0.4) is 0 Å². The maximum absolute atomic E-state index is 13.0. The Morgan fingerprint density at radius 2 is 2.19 bits per heavy atom. The predicted molar refractivity (Wildman–Crippen MR) is 63.8 cm³/mol. The van der Waals surface area contributed by atoms with E-state index in [0.29, 0.717) is 15.5 Å². The number of carbonyl (C=O) groups excluding carboxylic acids is 1. The zero-order valence-electron chi connectivity index (χ0n) is 8.24. The lowest BCUT2D eigenvalue weighted by molar-refractivity contribution is 0.0997. The topological polar surface area (TPSA) is 17.1 Å². The van der Waals surface area contributed by atoms with Crippen LogP contribution < -0.4 is 0 Å². The highest BCUT2D eigenvalue weighted by molar-refractivity contribution is 7.12. The Balaban J connectivity index is 2.21. The molecule has 0 bridgehead atoms. The fourth-order valence-corrected chi connectivity index (χ4v) is 2.22. The molecular formula is C12H8ClFOS. The van der Waals surface area contributed by atoms with Crippen LogP contribution in [0, 0.1) is 5.82 Å². The average molecular weight is 255 g/mol. The molecule has 0 amide bonds. The molecule has 2 aromatic rings. The van der Waals surface area contributed by atoms with E-state index in [2.05, 4.69) is 0 Å². The van der Waals surface area contributed by atoms with Crippen molar-refractivity contribution >= 4 is 28.7 Å². The zero-order chi connectivity index (χ0) is 11.5. The van der Waals surface area contributed by atoms with Gasteiger partial charge >= 0.3 is 0 Å². The van der Waals surface area contributed by atoms with Gasteiger partial charge in [-0.25, -0.2) is 4.39 Å². The number of ketones is 1. The largest absolute Gasteiger partial charge is 0.293 e. The van der Waals surface area contributed by atoms with Crippen LogP contribution in [0.5, 0.6) is 0 Å². The molecule has 0 aliphatic carbocycles. The van der Waals surface area contributed by atoms with Crippen LogP contribution in [0.1, 0.15) is 15.2 Å². The summed E-state index contributed by atoms with van der Waals surface area (Å²) in [6.07, 6.45) is 0.136. The Morgan fingerprint density at radius 1 is 1.38 bits per heavy atom. The van der Waals surface area contributed by atoms with Crippen LogP contribution in [-0.4, -0.2) is 5.78 Å². The minimum Gasteiger partial charge on any atom is -0.293 e. The summed E-state index contributed by atoms with van der Waals surface area (Å²) in [4.78, 5) is 12.4. The maximum atomic E-state index is 13.0. The average Bonchev–Trinajstić information content (AvgIpc) is 2.76. The van der Waals surface area contributed by atoms with Crippen LogP contribution in [0.2, 0.25) is 5.02 Å². The van der Waals surface area contributed by atoms with Crippen LogP contribution in [0.4, 0.5) is 4.39 Å². The van der Waals surface area contributed by atoms with E-state index >= 15 is 0 Å². The summed E-state index contributed by atoms with van der Waals surface area (Å²) in [6, 6.07) is 7.61. The van der Waals surface area contributed by atoms with Crippen LogP contribution >= 0.6 is 22.9 Å². The first-order valence-corrected chi connectivity index (χ1v) is 5.93. The van der Waals surface area contributed by atoms with Gasteiger partial charge in [0.2, 0.25) is 0 Å². The Labute approximate surface area is 101 Å². The number of carbonyl (C=O) groups is 1. The molecule has 1 heterocycles. The summed E-state index contributed by atoms with van der Waals surface area (Å²) in [6.45, 7) is 0. The highest BCUT2D eigenvalue weighted by Gasteiger charge is 2.11. The van der Waals surface area contributed by atoms with E-state index < -0.39 is 0 Å². The first-order chi connectivity index (χ1) is 7.66. The number of thiophene rings is 1. The van der Waals surface area contributed by atoms with Crippen molar-refractivity contribution in [3.8, 4) is 0 Å². The van der Waals surface area contributed by atoms with Gasteiger partial charge in [-0.15, -0.1) is 11.3 Å². The maximum Gasteiger partial charge on any atom is 0.177 e. The fraction of sp³-hybridized carbons (Fsp3) is 0.0833. The first-order valence-electron chi connectivity index (χ1n) is 4.67. The molecule has 0 unspecified atom stereocenters. The van der Waals surface area contributed by atoms with E-state index in [-0.39, 0.29) is 18.0 Å². The Kier molecular flexibility index (Phi) is 3.36. The normalized spacial score (nSPS) is 10.4. The van der Waals surface area contributed by atoms with Gasteiger partial charge in [-0.2, -0.15) is 0 Å². The summed E-state index contributed by atoms with van der Waals surface area (Å²) < 4.78 is 13.0. The number of halogens is 2. The van der Waals surface area contributed by atoms with Crippen LogP contribution in [0.25, 0.3) is 0 Å². The SMILES string of the molecule is O=C(Cc1cc(F)ccc1Cl)c1cccs1. The van der Waals surface area contributed by atoms with Crippen molar-refractivity contribution < 1.29 is 9.18 Å². The van der Waals surface area contributed by atoms with Crippen molar-refractivity contribution in [3.63, 3.8) is 0 Å². The molecule has 0 aliphatic heterocycles. The van der Waals surface area contributed by atoms with E-state index in [1.165, 1.54) is 29.5 Å². The molecule has 0 saturated heterocycles. The van der Waals surface area contributed by atoms with Crippen LogP contribution in [-0.2, 0) is 6.42 Å². The molecule has 1 nitrogen and oxygen atoms in total. The third-order valence-electron chi connectivity index (χ3n) is 2.15. The summed E-state index contributed by atoms with van der Waals surface area (Å²) in [7, 11) is 0. The predicted octanol–water partition coefficient (Wildman–Crippen LogP) is 3.97. The Bertz CT molecular complexity index is 508. The second-order valence-electron chi connectivity index (χ2n) is 3.31. The molecule has 2 rings (SSSR count). The number of hydrogen-bond donors (Lipinski definition) is 0. The van der Waals surface area contributed by atoms with E-state index in [1.807, 2.05) is 11.4 Å². The molecule has 82 valence electrons. The van der Waals surface area contributed by atoms with Crippen molar-refractivity contribution in [2.24, 2.45) is 0 Å². The minimum atomic E-state index is -0.377. The minimum absolute atomic E-state index is 0.0394. The number of hydrogen-bond acceptors (Lipinski definition) is 2. The van der Waals surface area contributed by atoms with Gasteiger partial charge in [-0.3, -0.25) is 4.79 Å². The molecule has 0 atom stereocenters. The second-order valence-corrected chi connectivity index (χ2v) is 4.67. The van der Waals surface area contributed by atoms with Gasteiger partial charge in [0.05, 0.1) is 4.88 Å². The van der Waals surface area contributed by atoms with E-state index in [9.17, 15) is 9.18 Å². The number of Topliss-reactive ketones (excluding diaryl/α,β-unsaturated/α-hetero) is 1. The van der Waals surface area contributed by atoms with E-state index in [1.54, 1.807) is 6.07 Å². The zero-order valence-corrected chi connectivity index (χ0v) is 9.82. The van der Waals surface area contributed by atoms with Crippen LogP contribution in [0.15, 0.2) is 35.7 Å². The fourth-order valence-electron chi connectivity index (χ4n) is 1.38. The van der Waals surface area contributed by atoms with Gasteiger partial charge in [0.15, 0.2) is 5.78 Å². The monoisotopic (exact) mass is 254 g/mol. The highest BCUT2D eigenvalue weighted by atomic mass is 35.5. The molecule has 1 aromatic carbocycles. The summed E-state index contributed by atoms with van der Waals surface area (Å²) >= 11 is 7.26. The van der Waals surface area contributed by atoms with Crippen molar-refractivity contribution in [1.82, 2.24) is 0 Å². The smallest absolute Gasteiger partial charge is 0.177 e. The molecule has 16 heavy (non-hydrogen) atoms. The molecule has 0 N–H and O–H groups in total.